The molecule has 0 aromatic heterocycles. The van der Waals surface area contributed by atoms with Gasteiger partial charge in [-0.25, -0.2) is 15.0 Å². The second-order valence-electron chi connectivity index (χ2n) is 4.05. The molecule has 0 saturated carbocycles. The van der Waals surface area contributed by atoms with Crippen LogP contribution in [0, 0.1) is 11.3 Å². The van der Waals surface area contributed by atoms with Gasteiger partial charge in [0.25, 0.3) is 0 Å². The summed E-state index contributed by atoms with van der Waals surface area (Å²) >= 11 is 7.49. The van der Waals surface area contributed by atoms with Crippen molar-refractivity contribution in [3.63, 3.8) is 0 Å². The number of benzene rings is 1. The molecule has 2 aliphatic heterocycles. The van der Waals surface area contributed by atoms with Gasteiger partial charge in [-0.2, -0.15) is 5.26 Å². The Morgan fingerprint density at radius 3 is 3.10 bits per heavy atom. The topological polar surface area (TPSA) is 61.0 Å². The number of hydrogen-bond acceptors (Lipinski definition) is 6. The van der Waals surface area contributed by atoms with Crippen LogP contribution >= 0.6 is 23.4 Å². The molecule has 0 radical (unpaired) electrons. The minimum atomic E-state index is -0.0475. The van der Waals surface area contributed by atoms with Crippen molar-refractivity contribution in [3.8, 4) is 6.07 Å². The zero-order valence-corrected chi connectivity index (χ0v) is 12.0. The third-order valence-electron chi connectivity index (χ3n) is 2.87. The van der Waals surface area contributed by atoms with Gasteiger partial charge in [0.15, 0.2) is 5.37 Å². The lowest BCUT2D eigenvalue weighted by atomic mass is 10.1. The van der Waals surface area contributed by atoms with Crippen molar-refractivity contribution >= 4 is 34.7 Å². The Kier molecular flexibility index (Phi) is 3.49. The predicted octanol–water partition coefficient (Wildman–Crippen LogP) is 2.78. The van der Waals surface area contributed by atoms with Gasteiger partial charge in [0.2, 0.25) is 0 Å². The summed E-state index contributed by atoms with van der Waals surface area (Å²) in [5.74, 6) is 0. The van der Waals surface area contributed by atoms with Gasteiger partial charge in [0.1, 0.15) is 17.5 Å². The van der Waals surface area contributed by atoms with Crippen molar-refractivity contribution in [1.82, 2.24) is 5.06 Å². The Morgan fingerprint density at radius 2 is 2.35 bits per heavy atom. The molecule has 20 heavy (non-hydrogen) atoms. The van der Waals surface area contributed by atoms with Crippen molar-refractivity contribution in [2.24, 2.45) is 9.98 Å². The van der Waals surface area contributed by atoms with Crippen LogP contribution in [0.3, 0.4) is 0 Å². The zero-order valence-electron chi connectivity index (χ0n) is 10.4. The summed E-state index contributed by atoms with van der Waals surface area (Å²) in [5, 5.41) is 11.9. The third kappa shape index (κ3) is 2.20. The van der Waals surface area contributed by atoms with Gasteiger partial charge in [0, 0.05) is 5.56 Å². The standard InChI is InChI=1S/C13H9ClN4OS/c1-19-18-7-16-6-11-13(18)20-12(17-11)8-2-3-10(14)9(4-8)5-15/h2-4,6-7,13H,1H3. The van der Waals surface area contributed by atoms with Gasteiger partial charge in [-0.15, -0.1) is 0 Å². The molecule has 0 spiro atoms. The van der Waals surface area contributed by atoms with Crippen LogP contribution in [0.4, 0.5) is 0 Å². The Labute approximate surface area is 125 Å². The van der Waals surface area contributed by atoms with Crippen LogP contribution in [0.1, 0.15) is 11.1 Å². The number of thioether (sulfide) groups is 1. The molecule has 1 atom stereocenters. The maximum Gasteiger partial charge on any atom is 0.152 e. The van der Waals surface area contributed by atoms with Crippen molar-refractivity contribution in [1.29, 1.82) is 5.26 Å². The summed E-state index contributed by atoms with van der Waals surface area (Å²) in [6.07, 6.45) is 3.32. The monoisotopic (exact) mass is 304 g/mol. The Hall–Kier alpha value is -1.81. The third-order valence-corrected chi connectivity index (χ3v) is 4.42. The highest BCUT2D eigenvalue weighted by Gasteiger charge is 2.32. The van der Waals surface area contributed by atoms with Gasteiger partial charge < -0.3 is 0 Å². The SMILES string of the molecule is CON1C=NC=C2N=C(c3ccc(Cl)c(C#N)c3)SC21. The molecule has 0 fully saturated rings. The highest BCUT2D eigenvalue weighted by atomic mass is 35.5. The lowest BCUT2D eigenvalue weighted by Crippen LogP contribution is -2.32. The first kappa shape index (κ1) is 13.2. The summed E-state index contributed by atoms with van der Waals surface area (Å²) < 4.78 is 0. The number of nitrogens with zero attached hydrogens (tertiary/aromatic N) is 4. The van der Waals surface area contributed by atoms with E-state index in [-0.39, 0.29) is 5.37 Å². The van der Waals surface area contributed by atoms with Crippen LogP contribution in [0.15, 0.2) is 40.1 Å². The highest BCUT2D eigenvalue weighted by Crippen LogP contribution is 2.36. The molecule has 0 saturated heterocycles. The molecule has 3 rings (SSSR count). The van der Waals surface area contributed by atoms with E-state index < -0.39 is 0 Å². The molecule has 100 valence electrons. The first-order valence-electron chi connectivity index (χ1n) is 5.74. The van der Waals surface area contributed by atoms with Crippen LogP contribution in [0.2, 0.25) is 5.02 Å². The number of nitriles is 1. The molecule has 0 aliphatic carbocycles. The van der Waals surface area contributed by atoms with Crippen LogP contribution in [-0.2, 0) is 4.84 Å². The molecule has 5 nitrogen and oxygen atoms in total. The molecule has 0 amide bonds. The number of rotatable bonds is 2. The molecule has 2 heterocycles. The summed E-state index contributed by atoms with van der Waals surface area (Å²) in [4.78, 5) is 13.8. The molecular weight excluding hydrogens is 296 g/mol. The molecule has 1 aromatic carbocycles. The molecule has 1 aromatic rings. The fraction of sp³-hybridized carbons (Fsp3) is 0.154. The van der Waals surface area contributed by atoms with Crippen LogP contribution in [-0.4, -0.2) is 28.9 Å². The summed E-state index contributed by atoms with van der Waals surface area (Å²) in [5.41, 5.74) is 2.13. The van der Waals surface area contributed by atoms with Gasteiger partial charge in [-0.3, -0.25) is 4.84 Å². The van der Waals surface area contributed by atoms with Crippen molar-refractivity contribution in [2.45, 2.75) is 5.37 Å². The van der Waals surface area contributed by atoms with E-state index >= 15 is 0 Å². The number of fused-ring (bicyclic) bond motifs is 1. The molecule has 1 unspecified atom stereocenters. The van der Waals surface area contributed by atoms with Gasteiger partial charge >= 0.3 is 0 Å². The van der Waals surface area contributed by atoms with Crippen molar-refractivity contribution < 1.29 is 4.84 Å². The summed E-state index contributed by atoms with van der Waals surface area (Å²) in [7, 11) is 1.59. The van der Waals surface area contributed by atoms with E-state index in [0.717, 1.165) is 16.3 Å². The fourth-order valence-corrected chi connectivity index (χ4v) is 3.17. The average molecular weight is 305 g/mol. The van der Waals surface area contributed by atoms with Crippen molar-refractivity contribution in [3.05, 3.63) is 46.2 Å². The summed E-state index contributed by atoms with van der Waals surface area (Å²) in [6, 6.07) is 7.37. The maximum atomic E-state index is 9.03. The number of hydroxylamine groups is 2. The quantitative estimate of drug-likeness (QED) is 0.843. The Balaban J connectivity index is 1.94. The van der Waals surface area contributed by atoms with E-state index in [1.54, 1.807) is 48.6 Å². The Bertz CT molecular complexity index is 692. The summed E-state index contributed by atoms with van der Waals surface area (Å²) in [6.45, 7) is 0. The van der Waals surface area contributed by atoms with E-state index in [1.165, 1.54) is 0 Å². The first-order valence-corrected chi connectivity index (χ1v) is 7.00. The molecular formula is C13H9ClN4OS. The normalized spacial score (nSPS) is 20.2. The highest BCUT2D eigenvalue weighted by molar-refractivity contribution is 8.15. The van der Waals surface area contributed by atoms with Crippen molar-refractivity contribution in [2.75, 3.05) is 7.11 Å². The number of hydrogen-bond donors (Lipinski definition) is 0. The van der Waals surface area contributed by atoms with Crippen LogP contribution in [0.25, 0.3) is 0 Å². The van der Waals surface area contributed by atoms with E-state index in [1.807, 2.05) is 6.07 Å². The second-order valence-corrected chi connectivity index (χ2v) is 5.53. The number of aliphatic imine (C=N–C) groups is 2. The number of halogens is 1. The maximum absolute atomic E-state index is 9.03. The lowest BCUT2D eigenvalue weighted by Gasteiger charge is -2.24. The largest absolute Gasteiger partial charge is 0.274 e. The van der Waals surface area contributed by atoms with Gasteiger partial charge in [-0.05, 0) is 12.1 Å². The predicted molar refractivity (Wildman–Crippen MR) is 79.5 cm³/mol. The fourth-order valence-electron chi connectivity index (χ4n) is 1.90. The Morgan fingerprint density at radius 1 is 1.50 bits per heavy atom. The first-order chi connectivity index (χ1) is 9.72. The molecule has 0 N–H and O–H groups in total. The molecule has 2 aliphatic rings. The van der Waals surface area contributed by atoms with E-state index in [2.05, 4.69) is 16.1 Å². The van der Waals surface area contributed by atoms with E-state index in [4.69, 9.17) is 21.7 Å². The van der Waals surface area contributed by atoms with Crippen LogP contribution in [0.5, 0.6) is 0 Å². The van der Waals surface area contributed by atoms with Gasteiger partial charge in [-0.1, -0.05) is 29.4 Å². The smallest absolute Gasteiger partial charge is 0.152 e. The minimum Gasteiger partial charge on any atom is -0.274 e. The average Bonchev–Trinajstić information content (AvgIpc) is 2.91. The van der Waals surface area contributed by atoms with Gasteiger partial charge in [0.05, 0.1) is 29.6 Å². The lowest BCUT2D eigenvalue weighted by molar-refractivity contribution is -0.0617. The van der Waals surface area contributed by atoms with E-state index in [0.29, 0.717) is 10.6 Å². The minimum absolute atomic E-state index is 0.0475. The molecule has 0 bridgehead atoms. The van der Waals surface area contributed by atoms with Crippen LogP contribution < -0.4 is 0 Å². The zero-order chi connectivity index (χ0) is 14.1. The van der Waals surface area contributed by atoms with E-state index in [9.17, 15) is 0 Å². The molecule has 7 heteroatoms. The second kappa shape index (κ2) is 5.29.